The molecule has 0 bridgehead atoms. The smallest absolute Gasteiger partial charge is 0.246 e. The number of aromatic nitrogens is 1. The van der Waals surface area contributed by atoms with E-state index in [1.807, 2.05) is 57.5 Å². The van der Waals surface area contributed by atoms with Crippen molar-refractivity contribution in [1.82, 2.24) is 20.5 Å². The fraction of sp³-hybridized carbons (Fsp3) is 0.517. The molecule has 8 nitrogen and oxygen atoms in total. The Hall–Kier alpha value is -3.22. The van der Waals surface area contributed by atoms with Gasteiger partial charge in [0, 0.05) is 32.4 Å². The number of amides is 3. The molecule has 1 aliphatic rings. The Morgan fingerprint density at radius 2 is 1.95 bits per heavy atom. The molecular weight excluding hydrogens is 500 g/mol. The summed E-state index contributed by atoms with van der Waals surface area (Å²) < 4.78 is 0. The van der Waals surface area contributed by atoms with Crippen LogP contribution in [0.3, 0.4) is 0 Å². The van der Waals surface area contributed by atoms with E-state index in [-0.39, 0.29) is 37.1 Å². The lowest BCUT2D eigenvalue weighted by atomic mass is 9.85. The summed E-state index contributed by atoms with van der Waals surface area (Å²) in [4.78, 5) is 46.1. The van der Waals surface area contributed by atoms with E-state index in [1.54, 1.807) is 11.3 Å². The zero-order valence-electron chi connectivity index (χ0n) is 22.6. The first-order valence-corrected chi connectivity index (χ1v) is 13.9. The molecule has 0 spiro atoms. The van der Waals surface area contributed by atoms with Crippen molar-refractivity contribution >= 4 is 29.1 Å². The standard InChI is InChI=1S/C29H38N4O4S/c1-6-7-8-9-10-24(35)32-26(29(3,4)5)28(37)33-17-22(34)15-23(33)27(36)30-16-20-11-13-21(14-12-20)25-19(2)31-18-38-25/h1,11-14,18,22-23,26,34H,7-10,15-17H2,2-5H3,(H,30,36)(H,32,35)/t22-,23+,26?/m1/s1. The average Bonchev–Trinajstić information content (AvgIpc) is 3.48. The van der Waals surface area contributed by atoms with Crippen molar-refractivity contribution < 1.29 is 19.5 Å². The predicted octanol–water partition coefficient (Wildman–Crippen LogP) is 3.42. The number of hydrogen-bond donors (Lipinski definition) is 3. The van der Waals surface area contributed by atoms with E-state index in [0.717, 1.165) is 28.1 Å². The molecule has 0 radical (unpaired) electrons. The molecule has 3 N–H and O–H groups in total. The summed E-state index contributed by atoms with van der Waals surface area (Å²) >= 11 is 1.58. The fourth-order valence-corrected chi connectivity index (χ4v) is 5.34. The van der Waals surface area contributed by atoms with Gasteiger partial charge in [-0.3, -0.25) is 14.4 Å². The van der Waals surface area contributed by atoms with Gasteiger partial charge in [0.25, 0.3) is 0 Å². The summed E-state index contributed by atoms with van der Waals surface area (Å²) in [7, 11) is 0. The van der Waals surface area contributed by atoms with Crippen molar-refractivity contribution in [3.63, 3.8) is 0 Å². The van der Waals surface area contributed by atoms with Crippen molar-refractivity contribution in [3.05, 3.63) is 41.0 Å². The Bertz CT molecular complexity index is 1160. The van der Waals surface area contributed by atoms with E-state index in [2.05, 4.69) is 21.5 Å². The zero-order valence-corrected chi connectivity index (χ0v) is 23.4. The Balaban J connectivity index is 1.63. The van der Waals surface area contributed by atoms with E-state index in [1.165, 1.54) is 4.90 Å². The number of carbonyl (C=O) groups is 3. The molecule has 9 heteroatoms. The summed E-state index contributed by atoms with van der Waals surface area (Å²) in [5.41, 5.74) is 4.21. The van der Waals surface area contributed by atoms with Crippen LogP contribution >= 0.6 is 11.3 Å². The monoisotopic (exact) mass is 538 g/mol. The Labute approximate surface area is 229 Å². The molecule has 38 heavy (non-hydrogen) atoms. The lowest BCUT2D eigenvalue weighted by Gasteiger charge is -2.35. The second-order valence-corrected chi connectivity index (χ2v) is 11.7. The largest absolute Gasteiger partial charge is 0.391 e. The number of nitrogens with zero attached hydrogens (tertiary/aromatic N) is 2. The van der Waals surface area contributed by atoms with E-state index < -0.39 is 23.6 Å². The van der Waals surface area contributed by atoms with Crippen LogP contribution in [0.5, 0.6) is 0 Å². The Morgan fingerprint density at radius 3 is 2.55 bits per heavy atom. The Morgan fingerprint density at radius 1 is 1.24 bits per heavy atom. The average molecular weight is 539 g/mol. The van der Waals surface area contributed by atoms with Crippen LogP contribution in [0, 0.1) is 24.7 Å². The highest BCUT2D eigenvalue weighted by atomic mass is 32.1. The van der Waals surface area contributed by atoms with Crippen LogP contribution in [0.25, 0.3) is 10.4 Å². The van der Waals surface area contributed by atoms with Gasteiger partial charge in [0.1, 0.15) is 12.1 Å². The molecule has 2 aromatic rings. The lowest BCUT2D eigenvalue weighted by molar-refractivity contribution is -0.144. The van der Waals surface area contributed by atoms with Crippen molar-refractivity contribution in [1.29, 1.82) is 0 Å². The maximum atomic E-state index is 13.6. The predicted molar refractivity (Wildman–Crippen MR) is 149 cm³/mol. The molecule has 1 fully saturated rings. The van der Waals surface area contributed by atoms with Crippen molar-refractivity contribution in [2.45, 2.75) is 84.5 Å². The van der Waals surface area contributed by atoms with Crippen molar-refractivity contribution in [3.8, 4) is 22.8 Å². The number of rotatable bonds is 10. The summed E-state index contributed by atoms with van der Waals surface area (Å²) in [5.74, 6) is 1.63. The molecule has 1 unspecified atom stereocenters. The number of hydrogen-bond acceptors (Lipinski definition) is 6. The van der Waals surface area contributed by atoms with Crippen molar-refractivity contribution in [2.75, 3.05) is 6.54 Å². The number of benzene rings is 1. The first-order chi connectivity index (χ1) is 18.0. The van der Waals surface area contributed by atoms with Gasteiger partial charge >= 0.3 is 0 Å². The third kappa shape index (κ3) is 7.65. The van der Waals surface area contributed by atoms with Gasteiger partial charge in [-0.1, -0.05) is 45.0 Å². The second kappa shape index (κ2) is 13.0. The number of aliphatic hydroxyl groups is 1. The molecule has 204 valence electrons. The topological polar surface area (TPSA) is 112 Å². The number of likely N-dealkylation sites (tertiary alicyclic amines) is 1. The first-order valence-electron chi connectivity index (χ1n) is 13.0. The summed E-state index contributed by atoms with van der Waals surface area (Å²) in [6.45, 7) is 7.92. The van der Waals surface area contributed by atoms with Crippen LogP contribution in [0.4, 0.5) is 0 Å². The molecule has 1 aliphatic heterocycles. The number of aryl methyl sites for hydroxylation is 1. The van der Waals surface area contributed by atoms with Crippen LogP contribution in [-0.2, 0) is 20.9 Å². The van der Waals surface area contributed by atoms with Crippen LogP contribution < -0.4 is 10.6 Å². The van der Waals surface area contributed by atoms with Crippen LogP contribution in [0.1, 0.15) is 64.1 Å². The van der Waals surface area contributed by atoms with Gasteiger partial charge in [-0.2, -0.15) is 0 Å². The number of β-amino-alcohol motifs (C(OH)–C–C–N with tert-alkyl or cyclic N) is 1. The third-order valence-electron chi connectivity index (χ3n) is 6.69. The minimum absolute atomic E-state index is 0.0461. The van der Waals surface area contributed by atoms with Gasteiger partial charge in [0.2, 0.25) is 17.7 Å². The normalized spacial score (nSPS) is 18.1. The molecule has 2 heterocycles. The summed E-state index contributed by atoms with van der Waals surface area (Å²) in [6, 6.07) is 6.27. The van der Waals surface area contributed by atoms with Gasteiger partial charge in [-0.25, -0.2) is 4.98 Å². The molecule has 3 amide bonds. The zero-order chi connectivity index (χ0) is 27.9. The highest BCUT2D eigenvalue weighted by Crippen LogP contribution is 2.28. The number of terminal acetylenes is 1. The molecule has 3 rings (SSSR count). The van der Waals surface area contributed by atoms with E-state index >= 15 is 0 Å². The van der Waals surface area contributed by atoms with Gasteiger partial charge in [0.15, 0.2) is 0 Å². The molecule has 3 atom stereocenters. The third-order valence-corrected chi connectivity index (χ3v) is 7.66. The molecule has 1 saturated heterocycles. The summed E-state index contributed by atoms with van der Waals surface area (Å²) in [5, 5.41) is 16.1. The minimum atomic E-state index is -0.828. The summed E-state index contributed by atoms with van der Waals surface area (Å²) in [6.07, 6.45) is 6.87. The minimum Gasteiger partial charge on any atom is -0.391 e. The number of aliphatic hydroxyl groups excluding tert-OH is 1. The van der Waals surface area contributed by atoms with Gasteiger partial charge < -0.3 is 20.6 Å². The molecule has 1 aromatic heterocycles. The van der Waals surface area contributed by atoms with E-state index in [9.17, 15) is 19.5 Å². The number of carbonyl (C=O) groups excluding carboxylic acids is 3. The number of thiazole rings is 1. The van der Waals surface area contributed by atoms with Crippen LogP contribution in [0.15, 0.2) is 29.8 Å². The highest BCUT2D eigenvalue weighted by molar-refractivity contribution is 7.13. The number of nitrogens with one attached hydrogen (secondary N) is 2. The number of unbranched alkanes of at least 4 members (excludes halogenated alkanes) is 2. The van der Waals surface area contributed by atoms with Crippen LogP contribution in [-0.4, -0.2) is 57.4 Å². The molecular formula is C29H38N4O4S. The maximum Gasteiger partial charge on any atom is 0.246 e. The molecule has 0 saturated carbocycles. The maximum absolute atomic E-state index is 13.6. The van der Waals surface area contributed by atoms with Crippen molar-refractivity contribution in [2.24, 2.45) is 5.41 Å². The fourth-order valence-electron chi connectivity index (χ4n) is 4.53. The van der Waals surface area contributed by atoms with Gasteiger partial charge in [-0.15, -0.1) is 23.7 Å². The molecule has 0 aliphatic carbocycles. The van der Waals surface area contributed by atoms with Gasteiger partial charge in [-0.05, 0) is 36.3 Å². The quantitative estimate of drug-likeness (QED) is 0.317. The van der Waals surface area contributed by atoms with E-state index in [4.69, 9.17) is 6.42 Å². The van der Waals surface area contributed by atoms with E-state index in [0.29, 0.717) is 19.4 Å². The first kappa shape index (κ1) is 29.3. The van der Waals surface area contributed by atoms with Crippen LogP contribution in [0.2, 0.25) is 0 Å². The SMILES string of the molecule is C#CCCCCC(=O)NC(C(=O)N1C[C@H](O)C[C@H]1C(=O)NCc1ccc(-c2scnc2C)cc1)C(C)(C)C. The lowest BCUT2D eigenvalue weighted by Crippen LogP contribution is -2.57. The highest BCUT2D eigenvalue weighted by Gasteiger charge is 2.44. The van der Waals surface area contributed by atoms with Gasteiger partial charge in [0.05, 0.1) is 22.2 Å². The molecule has 1 aromatic carbocycles. The second-order valence-electron chi connectivity index (χ2n) is 10.9. The Kier molecular flexibility index (Phi) is 10.1.